The number of ketones is 1. The lowest BCUT2D eigenvalue weighted by Crippen LogP contribution is -2.22. The second kappa shape index (κ2) is 6.17. The lowest BCUT2D eigenvalue weighted by molar-refractivity contribution is -0.151. The van der Waals surface area contributed by atoms with Crippen molar-refractivity contribution in [2.24, 2.45) is 0 Å². The van der Waals surface area contributed by atoms with Gasteiger partial charge in [-0.3, -0.25) is 4.79 Å². The molecule has 90 valence electrons. The van der Waals surface area contributed by atoms with Crippen LogP contribution in [-0.4, -0.2) is 18.9 Å². The van der Waals surface area contributed by atoms with Crippen molar-refractivity contribution < 1.29 is 14.3 Å². The number of hydrogen-bond donors (Lipinski definition) is 0. The van der Waals surface area contributed by atoms with Crippen molar-refractivity contribution in [3.8, 4) is 12.1 Å². The predicted octanol–water partition coefficient (Wildman–Crippen LogP) is 1.10. The quantitative estimate of drug-likeness (QED) is 0.582. The number of carbonyl (C=O) groups excluding carboxylic acids is 2. The molecule has 0 bridgehead atoms. The maximum Gasteiger partial charge on any atom is 0.376 e. The Labute approximate surface area is 104 Å². The molecule has 1 aromatic rings. The highest BCUT2D eigenvalue weighted by Crippen LogP contribution is 2.17. The minimum absolute atomic E-state index is 0.252. The van der Waals surface area contributed by atoms with Gasteiger partial charge in [0.25, 0.3) is 5.78 Å². The molecule has 0 fully saturated rings. The summed E-state index contributed by atoms with van der Waals surface area (Å²) in [7, 11) is 1.09. The number of methoxy groups -OCH3 is 1. The highest BCUT2D eigenvalue weighted by atomic mass is 16.5. The van der Waals surface area contributed by atoms with Crippen molar-refractivity contribution in [2.75, 3.05) is 7.11 Å². The van der Waals surface area contributed by atoms with Crippen molar-refractivity contribution >= 4 is 11.8 Å². The first-order valence-corrected chi connectivity index (χ1v) is 5.11. The first kappa shape index (κ1) is 13.4. The van der Waals surface area contributed by atoms with E-state index in [1.165, 1.54) is 0 Å². The molecule has 0 N–H and O–H groups in total. The van der Waals surface area contributed by atoms with E-state index in [0.717, 1.165) is 12.7 Å². The van der Waals surface area contributed by atoms with Crippen LogP contribution < -0.4 is 0 Å². The fourth-order valence-corrected chi connectivity index (χ4v) is 1.42. The van der Waals surface area contributed by atoms with Crippen LogP contribution in [0.15, 0.2) is 24.3 Å². The van der Waals surface area contributed by atoms with Crippen LogP contribution in [-0.2, 0) is 20.7 Å². The Morgan fingerprint density at radius 2 is 1.89 bits per heavy atom. The first-order chi connectivity index (χ1) is 8.63. The number of nitriles is 2. The minimum Gasteiger partial charge on any atom is -0.463 e. The Morgan fingerprint density at radius 1 is 1.28 bits per heavy atom. The minimum atomic E-state index is -1.17. The summed E-state index contributed by atoms with van der Waals surface area (Å²) >= 11 is 0. The molecule has 0 saturated heterocycles. The summed E-state index contributed by atoms with van der Waals surface area (Å²) < 4.78 is 4.30. The van der Waals surface area contributed by atoms with Gasteiger partial charge < -0.3 is 4.74 Å². The van der Waals surface area contributed by atoms with E-state index in [2.05, 4.69) is 4.74 Å². The van der Waals surface area contributed by atoms with Crippen molar-refractivity contribution in [3.63, 3.8) is 0 Å². The van der Waals surface area contributed by atoms with Gasteiger partial charge in [-0.25, -0.2) is 4.79 Å². The Balaban J connectivity index is 2.97. The van der Waals surface area contributed by atoms with E-state index < -0.39 is 17.7 Å². The Hall–Kier alpha value is -2.66. The molecule has 0 spiro atoms. The molecule has 5 heteroatoms. The molecule has 1 unspecified atom stereocenters. The molecular formula is C13H10N2O3. The second-order valence-corrected chi connectivity index (χ2v) is 3.49. The molecular weight excluding hydrogens is 232 g/mol. The van der Waals surface area contributed by atoms with Gasteiger partial charge in [0, 0.05) is 0 Å². The topological polar surface area (TPSA) is 90.9 Å². The SMILES string of the molecule is COC(=O)C(=O)C(C#N)c1ccc(CC#N)cc1. The normalized spacial score (nSPS) is 10.8. The highest BCUT2D eigenvalue weighted by molar-refractivity contribution is 6.36. The molecule has 0 aliphatic carbocycles. The van der Waals surface area contributed by atoms with Gasteiger partial charge in [0.1, 0.15) is 5.92 Å². The zero-order chi connectivity index (χ0) is 13.5. The standard InChI is InChI=1S/C13H10N2O3/c1-18-13(17)12(16)11(8-15)10-4-2-9(3-5-10)6-7-14/h2-5,11H,6H2,1H3. The Morgan fingerprint density at radius 3 is 2.33 bits per heavy atom. The Kier molecular flexibility index (Phi) is 4.59. The largest absolute Gasteiger partial charge is 0.463 e. The molecule has 0 saturated carbocycles. The van der Waals surface area contributed by atoms with Gasteiger partial charge in [0.2, 0.25) is 0 Å². The number of benzene rings is 1. The predicted molar refractivity (Wildman–Crippen MR) is 61.1 cm³/mol. The number of hydrogen-bond acceptors (Lipinski definition) is 5. The van der Waals surface area contributed by atoms with Crippen LogP contribution in [0.2, 0.25) is 0 Å². The molecule has 0 heterocycles. The van der Waals surface area contributed by atoms with E-state index in [-0.39, 0.29) is 6.42 Å². The monoisotopic (exact) mass is 242 g/mol. The fraction of sp³-hybridized carbons (Fsp3) is 0.231. The van der Waals surface area contributed by atoms with Gasteiger partial charge in [-0.15, -0.1) is 0 Å². The van der Waals surface area contributed by atoms with Crippen molar-refractivity contribution in [2.45, 2.75) is 12.3 Å². The smallest absolute Gasteiger partial charge is 0.376 e. The second-order valence-electron chi connectivity index (χ2n) is 3.49. The number of carbonyl (C=O) groups is 2. The van der Waals surface area contributed by atoms with Crippen LogP contribution in [0, 0.1) is 22.7 Å². The van der Waals surface area contributed by atoms with Gasteiger partial charge in [-0.1, -0.05) is 24.3 Å². The molecule has 1 aromatic carbocycles. The third-order valence-corrected chi connectivity index (χ3v) is 2.37. The van der Waals surface area contributed by atoms with Crippen molar-refractivity contribution in [3.05, 3.63) is 35.4 Å². The summed E-state index contributed by atoms with van der Waals surface area (Å²) in [4.78, 5) is 22.7. The summed E-state index contributed by atoms with van der Waals surface area (Å²) in [6, 6.07) is 10.2. The molecule has 1 atom stereocenters. The Bertz CT molecular complexity index is 535. The van der Waals surface area contributed by atoms with E-state index in [9.17, 15) is 9.59 Å². The molecule has 0 aromatic heterocycles. The summed E-state index contributed by atoms with van der Waals surface area (Å²) in [5.41, 5.74) is 1.19. The summed E-state index contributed by atoms with van der Waals surface area (Å²) in [6.07, 6.45) is 0.252. The summed E-state index contributed by atoms with van der Waals surface area (Å²) in [5.74, 6) is -3.11. The van der Waals surface area contributed by atoms with Crippen molar-refractivity contribution in [1.82, 2.24) is 0 Å². The van der Waals surface area contributed by atoms with E-state index in [1.54, 1.807) is 30.3 Å². The average molecular weight is 242 g/mol. The van der Waals surface area contributed by atoms with E-state index in [4.69, 9.17) is 10.5 Å². The van der Waals surface area contributed by atoms with Gasteiger partial charge in [0.05, 0.1) is 25.7 Å². The summed E-state index contributed by atoms with van der Waals surface area (Å²) in [6.45, 7) is 0. The van der Waals surface area contributed by atoms with Crippen LogP contribution in [0.25, 0.3) is 0 Å². The van der Waals surface area contributed by atoms with Crippen molar-refractivity contribution in [1.29, 1.82) is 10.5 Å². The highest BCUT2D eigenvalue weighted by Gasteiger charge is 2.27. The van der Waals surface area contributed by atoms with Gasteiger partial charge in [-0.2, -0.15) is 10.5 Å². The van der Waals surface area contributed by atoms with Crippen LogP contribution in [0.5, 0.6) is 0 Å². The molecule has 18 heavy (non-hydrogen) atoms. The zero-order valence-electron chi connectivity index (χ0n) is 9.71. The third-order valence-electron chi connectivity index (χ3n) is 2.37. The molecule has 0 radical (unpaired) electrons. The fourth-order valence-electron chi connectivity index (χ4n) is 1.42. The molecule has 5 nitrogen and oxygen atoms in total. The lowest BCUT2D eigenvalue weighted by Gasteiger charge is -2.07. The average Bonchev–Trinajstić information content (AvgIpc) is 2.40. The summed E-state index contributed by atoms with van der Waals surface area (Å²) in [5, 5.41) is 17.5. The molecule has 0 aliphatic heterocycles. The number of esters is 1. The first-order valence-electron chi connectivity index (χ1n) is 5.11. The number of nitrogens with zero attached hydrogens (tertiary/aromatic N) is 2. The van der Waals surface area contributed by atoms with Crippen LogP contribution in [0.3, 0.4) is 0 Å². The number of Topliss-reactive ketones (excluding diaryl/α,β-unsaturated/α-hetero) is 1. The van der Waals surface area contributed by atoms with E-state index in [1.807, 2.05) is 6.07 Å². The maximum atomic E-state index is 11.6. The van der Waals surface area contributed by atoms with Gasteiger partial charge in [0.15, 0.2) is 0 Å². The third kappa shape index (κ3) is 2.93. The lowest BCUT2D eigenvalue weighted by atomic mass is 9.95. The maximum absolute atomic E-state index is 11.6. The van der Waals surface area contributed by atoms with Gasteiger partial charge in [-0.05, 0) is 11.1 Å². The van der Waals surface area contributed by atoms with Gasteiger partial charge >= 0.3 is 5.97 Å². The van der Waals surface area contributed by atoms with E-state index >= 15 is 0 Å². The number of rotatable bonds is 4. The number of ether oxygens (including phenoxy) is 1. The van der Waals surface area contributed by atoms with Crippen LogP contribution in [0.1, 0.15) is 17.0 Å². The van der Waals surface area contributed by atoms with Crippen LogP contribution >= 0.6 is 0 Å². The van der Waals surface area contributed by atoms with Crippen LogP contribution in [0.4, 0.5) is 0 Å². The molecule has 0 aliphatic rings. The van der Waals surface area contributed by atoms with E-state index in [0.29, 0.717) is 5.56 Å². The molecule has 1 rings (SSSR count). The zero-order valence-corrected chi connectivity index (χ0v) is 9.71. The molecule has 0 amide bonds.